The molecule has 146 valence electrons. The van der Waals surface area contributed by atoms with Crippen LogP contribution in [0.4, 0.5) is 5.13 Å². The maximum atomic E-state index is 12.6. The second-order valence-corrected chi connectivity index (χ2v) is 8.86. The molecule has 27 heavy (non-hydrogen) atoms. The first-order chi connectivity index (χ1) is 13.1. The third-order valence-electron chi connectivity index (χ3n) is 5.95. The van der Waals surface area contributed by atoms with Gasteiger partial charge in [0.2, 0.25) is 16.2 Å². The summed E-state index contributed by atoms with van der Waals surface area (Å²) in [5.41, 5.74) is 2.35. The van der Waals surface area contributed by atoms with Gasteiger partial charge in [-0.2, -0.15) is 0 Å². The van der Waals surface area contributed by atoms with E-state index in [1.807, 2.05) is 0 Å². The van der Waals surface area contributed by atoms with E-state index in [0.29, 0.717) is 6.04 Å². The number of aryl methyl sites for hydroxylation is 2. The third kappa shape index (κ3) is 4.03. The second-order valence-electron chi connectivity index (χ2n) is 7.92. The SMILES string of the molecule is Cc1ccc(C)n1-c1nnc(N2CCC(C(=O)NC3CCCCC3)CC2)s1. The number of nitrogens with zero attached hydrogens (tertiary/aromatic N) is 4. The highest BCUT2D eigenvalue weighted by atomic mass is 32.1. The Balaban J connectivity index is 1.33. The molecule has 0 bridgehead atoms. The fourth-order valence-corrected chi connectivity index (χ4v) is 5.31. The van der Waals surface area contributed by atoms with Gasteiger partial charge in [-0.05, 0) is 51.7 Å². The van der Waals surface area contributed by atoms with E-state index in [9.17, 15) is 4.79 Å². The highest BCUT2D eigenvalue weighted by Crippen LogP contribution is 2.29. The van der Waals surface area contributed by atoms with Crippen LogP contribution in [-0.2, 0) is 4.79 Å². The lowest BCUT2D eigenvalue weighted by Crippen LogP contribution is -2.44. The van der Waals surface area contributed by atoms with E-state index in [4.69, 9.17) is 0 Å². The molecular formula is C20H29N5OS. The predicted octanol–water partition coefficient (Wildman–Crippen LogP) is 3.61. The Morgan fingerprint density at radius 3 is 2.30 bits per heavy atom. The van der Waals surface area contributed by atoms with Crippen LogP contribution >= 0.6 is 11.3 Å². The minimum absolute atomic E-state index is 0.143. The largest absolute Gasteiger partial charge is 0.353 e. The molecule has 2 aromatic rings. The topological polar surface area (TPSA) is 63.1 Å². The average Bonchev–Trinajstić information content (AvgIpc) is 3.29. The van der Waals surface area contributed by atoms with Crippen molar-refractivity contribution in [3.05, 3.63) is 23.5 Å². The van der Waals surface area contributed by atoms with Crippen LogP contribution in [0.25, 0.3) is 5.13 Å². The summed E-state index contributed by atoms with van der Waals surface area (Å²) in [7, 11) is 0. The monoisotopic (exact) mass is 387 g/mol. The van der Waals surface area contributed by atoms with Crippen LogP contribution in [0.5, 0.6) is 0 Å². The van der Waals surface area contributed by atoms with Gasteiger partial charge < -0.3 is 10.2 Å². The standard InChI is InChI=1S/C20H29N5OS/c1-14-8-9-15(2)25(14)20-23-22-19(27-20)24-12-10-16(11-13-24)18(26)21-17-6-4-3-5-7-17/h8-9,16-17H,3-7,10-13H2,1-2H3,(H,21,26). The summed E-state index contributed by atoms with van der Waals surface area (Å²) in [6, 6.07) is 4.61. The minimum atomic E-state index is 0.143. The lowest BCUT2D eigenvalue weighted by Gasteiger charge is -2.32. The Morgan fingerprint density at radius 2 is 1.63 bits per heavy atom. The molecule has 6 nitrogen and oxygen atoms in total. The maximum Gasteiger partial charge on any atom is 0.223 e. The number of amides is 1. The summed E-state index contributed by atoms with van der Waals surface area (Å²) in [5, 5.41) is 14.0. The van der Waals surface area contributed by atoms with E-state index in [-0.39, 0.29) is 11.8 Å². The molecule has 1 N–H and O–H groups in total. The quantitative estimate of drug-likeness (QED) is 0.870. The van der Waals surface area contributed by atoms with Crippen LogP contribution in [0.15, 0.2) is 12.1 Å². The number of hydrogen-bond donors (Lipinski definition) is 1. The number of anilines is 1. The van der Waals surface area contributed by atoms with Gasteiger partial charge in [-0.15, -0.1) is 10.2 Å². The summed E-state index contributed by atoms with van der Waals surface area (Å²) in [6.45, 7) is 5.93. The second kappa shape index (κ2) is 8.00. The summed E-state index contributed by atoms with van der Waals surface area (Å²) in [6.07, 6.45) is 7.92. The fraction of sp³-hybridized carbons (Fsp3) is 0.650. The number of rotatable bonds is 4. The smallest absolute Gasteiger partial charge is 0.223 e. The molecule has 1 aliphatic carbocycles. The molecule has 3 heterocycles. The van der Waals surface area contributed by atoms with Crippen molar-refractivity contribution < 1.29 is 4.79 Å². The summed E-state index contributed by atoms with van der Waals surface area (Å²) < 4.78 is 2.14. The molecule has 7 heteroatoms. The molecule has 2 aliphatic rings. The van der Waals surface area contributed by atoms with Crippen LogP contribution in [0.3, 0.4) is 0 Å². The van der Waals surface area contributed by atoms with E-state index in [1.54, 1.807) is 11.3 Å². The molecule has 2 aromatic heterocycles. The van der Waals surface area contributed by atoms with Gasteiger partial charge in [0.15, 0.2) is 0 Å². The van der Waals surface area contributed by atoms with Crippen LogP contribution < -0.4 is 10.2 Å². The molecule has 1 saturated heterocycles. The van der Waals surface area contributed by atoms with Gasteiger partial charge in [0.05, 0.1) is 0 Å². The van der Waals surface area contributed by atoms with E-state index in [1.165, 1.54) is 30.7 Å². The number of nitrogens with one attached hydrogen (secondary N) is 1. The van der Waals surface area contributed by atoms with Crippen molar-refractivity contribution in [2.75, 3.05) is 18.0 Å². The molecule has 4 rings (SSSR count). The predicted molar refractivity (Wildman–Crippen MR) is 109 cm³/mol. The number of hydrogen-bond acceptors (Lipinski definition) is 5. The van der Waals surface area contributed by atoms with Crippen molar-refractivity contribution in [3.63, 3.8) is 0 Å². The van der Waals surface area contributed by atoms with Gasteiger partial charge in [-0.25, -0.2) is 0 Å². The van der Waals surface area contributed by atoms with Crippen molar-refractivity contribution in [1.29, 1.82) is 0 Å². The van der Waals surface area contributed by atoms with Gasteiger partial charge in [-0.3, -0.25) is 9.36 Å². The summed E-state index contributed by atoms with van der Waals surface area (Å²) in [4.78, 5) is 14.9. The molecule has 1 amide bonds. The van der Waals surface area contributed by atoms with Crippen LogP contribution in [0.1, 0.15) is 56.3 Å². The van der Waals surface area contributed by atoms with E-state index < -0.39 is 0 Å². The van der Waals surface area contributed by atoms with Gasteiger partial charge in [0, 0.05) is 36.4 Å². The van der Waals surface area contributed by atoms with E-state index >= 15 is 0 Å². The lowest BCUT2D eigenvalue weighted by atomic mass is 9.92. The van der Waals surface area contributed by atoms with Crippen molar-refractivity contribution in [2.24, 2.45) is 5.92 Å². The molecule has 2 fully saturated rings. The first-order valence-electron chi connectivity index (χ1n) is 10.2. The molecule has 0 atom stereocenters. The Labute approximate surface area is 165 Å². The average molecular weight is 388 g/mol. The number of aromatic nitrogens is 3. The Kier molecular flexibility index (Phi) is 5.48. The number of piperidine rings is 1. The van der Waals surface area contributed by atoms with Gasteiger partial charge in [0.25, 0.3) is 0 Å². The number of carbonyl (C=O) groups is 1. The number of carbonyl (C=O) groups excluding carboxylic acids is 1. The third-order valence-corrected chi connectivity index (χ3v) is 6.92. The molecule has 0 spiro atoms. The maximum absolute atomic E-state index is 12.6. The highest BCUT2D eigenvalue weighted by Gasteiger charge is 2.28. The zero-order valence-electron chi connectivity index (χ0n) is 16.3. The van der Waals surface area contributed by atoms with E-state index in [0.717, 1.165) is 49.0 Å². The van der Waals surface area contributed by atoms with Crippen LogP contribution in [0, 0.1) is 19.8 Å². The Morgan fingerprint density at radius 1 is 1.00 bits per heavy atom. The molecule has 1 aliphatic heterocycles. The van der Waals surface area contributed by atoms with Gasteiger partial charge in [-0.1, -0.05) is 30.6 Å². The minimum Gasteiger partial charge on any atom is -0.353 e. The van der Waals surface area contributed by atoms with Crippen molar-refractivity contribution in [3.8, 4) is 5.13 Å². The molecule has 0 unspecified atom stereocenters. The summed E-state index contributed by atoms with van der Waals surface area (Å²) in [5.74, 6) is 0.405. The van der Waals surface area contributed by atoms with E-state index in [2.05, 4.69) is 51.0 Å². The fourth-order valence-electron chi connectivity index (χ4n) is 4.30. The molecule has 0 radical (unpaired) electrons. The van der Waals surface area contributed by atoms with Crippen molar-refractivity contribution in [2.45, 2.75) is 64.8 Å². The van der Waals surface area contributed by atoms with Crippen molar-refractivity contribution in [1.82, 2.24) is 20.1 Å². The summed E-state index contributed by atoms with van der Waals surface area (Å²) >= 11 is 1.63. The lowest BCUT2D eigenvalue weighted by molar-refractivity contribution is -0.126. The normalized spacial score (nSPS) is 19.4. The first-order valence-corrected chi connectivity index (χ1v) is 11.0. The Hall–Kier alpha value is -1.89. The van der Waals surface area contributed by atoms with Gasteiger partial charge in [0.1, 0.15) is 0 Å². The first kappa shape index (κ1) is 18.5. The van der Waals surface area contributed by atoms with Crippen molar-refractivity contribution >= 4 is 22.4 Å². The van der Waals surface area contributed by atoms with Gasteiger partial charge >= 0.3 is 0 Å². The highest BCUT2D eigenvalue weighted by molar-refractivity contribution is 7.17. The van der Waals surface area contributed by atoms with Crippen LogP contribution in [-0.4, -0.2) is 39.8 Å². The molecule has 0 aromatic carbocycles. The zero-order chi connectivity index (χ0) is 18.8. The molecule has 1 saturated carbocycles. The molecular weight excluding hydrogens is 358 g/mol. The Bertz CT molecular complexity index is 765. The van der Waals surface area contributed by atoms with Crippen LogP contribution in [0.2, 0.25) is 0 Å². The zero-order valence-corrected chi connectivity index (χ0v) is 17.1.